The topological polar surface area (TPSA) is 54.4 Å². The van der Waals surface area contributed by atoms with Crippen LogP contribution < -0.4 is 0 Å². The Kier molecular flexibility index (Phi) is 6.60. The first kappa shape index (κ1) is 19.3. The van der Waals surface area contributed by atoms with Crippen molar-refractivity contribution in [3.63, 3.8) is 0 Å². The molecular formula is C18H19EuO3S-. The molecule has 0 saturated carbocycles. The Morgan fingerprint density at radius 1 is 1.09 bits per heavy atom. The van der Waals surface area contributed by atoms with E-state index in [2.05, 4.69) is 0 Å². The first-order valence-corrected chi connectivity index (χ1v) is 9.09. The smallest absolute Gasteiger partial charge is 0.151 e. The predicted molar refractivity (Wildman–Crippen MR) is 86.3 cm³/mol. The fourth-order valence-electron chi connectivity index (χ4n) is 3.17. The van der Waals surface area contributed by atoms with Gasteiger partial charge in [0, 0.05) is 55.3 Å². The van der Waals surface area contributed by atoms with Crippen LogP contribution in [-0.4, -0.2) is 25.4 Å². The first-order valence-electron chi connectivity index (χ1n) is 7.44. The average molecular weight is 467 g/mol. The van der Waals surface area contributed by atoms with Crippen LogP contribution in [-0.2, 0) is 9.84 Å². The van der Waals surface area contributed by atoms with Gasteiger partial charge in [0.15, 0.2) is 9.84 Å². The summed E-state index contributed by atoms with van der Waals surface area (Å²) in [5.41, 5.74) is 1.62. The van der Waals surface area contributed by atoms with Crippen LogP contribution in [0.3, 0.4) is 0 Å². The van der Waals surface area contributed by atoms with E-state index in [0.29, 0.717) is 22.8 Å². The van der Waals surface area contributed by atoms with Crippen molar-refractivity contribution in [2.45, 2.75) is 30.3 Å². The van der Waals surface area contributed by atoms with Gasteiger partial charge in [-0.1, -0.05) is 67.3 Å². The average Bonchev–Trinajstić information content (AvgIpc) is 2.62. The van der Waals surface area contributed by atoms with Crippen molar-refractivity contribution in [2.24, 2.45) is 0 Å². The minimum atomic E-state index is -3.41. The Morgan fingerprint density at radius 3 is 2.35 bits per heavy atom. The van der Waals surface area contributed by atoms with Gasteiger partial charge in [0.25, 0.3) is 0 Å². The zero-order valence-electron chi connectivity index (χ0n) is 12.8. The molecule has 1 N–H and O–H groups in total. The number of rotatable bonds is 2. The van der Waals surface area contributed by atoms with Crippen LogP contribution in [0.2, 0.25) is 0 Å². The van der Waals surface area contributed by atoms with Gasteiger partial charge in [0.2, 0.25) is 0 Å². The summed E-state index contributed by atoms with van der Waals surface area (Å²) in [6, 6.07) is 16.6. The van der Waals surface area contributed by atoms with E-state index >= 15 is 0 Å². The summed E-state index contributed by atoms with van der Waals surface area (Å²) >= 11 is 0. The molecule has 0 aromatic heterocycles. The quantitative estimate of drug-likeness (QED) is 0.692. The predicted octanol–water partition coefficient (Wildman–Crippen LogP) is 2.95. The maximum Gasteiger partial charge on any atom is 0.151 e. The summed E-state index contributed by atoms with van der Waals surface area (Å²) in [4.78, 5) is 0.339. The molecule has 1 radical (unpaired) electrons. The van der Waals surface area contributed by atoms with E-state index in [0.717, 1.165) is 5.56 Å². The van der Waals surface area contributed by atoms with E-state index in [1.54, 1.807) is 12.1 Å². The van der Waals surface area contributed by atoms with Crippen LogP contribution in [0.1, 0.15) is 30.4 Å². The van der Waals surface area contributed by atoms with E-state index in [1.165, 1.54) is 0 Å². The number of hydrogen-bond donors (Lipinski definition) is 1. The zero-order chi connectivity index (χ0) is 15.7. The van der Waals surface area contributed by atoms with Gasteiger partial charge >= 0.3 is 0 Å². The first-order chi connectivity index (χ1) is 10.5. The van der Waals surface area contributed by atoms with E-state index in [9.17, 15) is 13.5 Å². The van der Waals surface area contributed by atoms with Crippen molar-refractivity contribution < 1.29 is 62.9 Å². The fourth-order valence-corrected chi connectivity index (χ4v) is 5.03. The van der Waals surface area contributed by atoms with E-state index < -0.39 is 15.9 Å². The third kappa shape index (κ3) is 3.79. The van der Waals surface area contributed by atoms with E-state index in [4.69, 9.17) is 0 Å². The maximum atomic E-state index is 12.7. The summed E-state index contributed by atoms with van der Waals surface area (Å²) in [5, 5.41) is 10.8. The largest absolute Gasteiger partial charge is 0.424 e. The van der Waals surface area contributed by atoms with Gasteiger partial charge in [0.1, 0.15) is 0 Å². The number of hydrogen-bond acceptors (Lipinski definition) is 3. The van der Waals surface area contributed by atoms with Gasteiger partial charge < -0.3 is 5.11 Å². The van der Waals surface area contributed by atoms with Crippen LogP contribution in [0.15, 0.2) is 59.5 Å². The Bertz CT molecular complexity index is 759. The molecule has 2 atom stereocenters. The standard InChI is InChI=1S/C18H19O3S.Eu/c1-2-13-12-22(20,21)16-11-7-6-10-15(16)17(18(13)19)14-8-4-3-5-9-14;/h3-11,17-19H,2,12H2,1H3;/q-1;. The molecule has 0 spiro atoms. The molecule has 1 aliphatic heterocycles. The van der Waals surface area contributed by atoms with Crippen molar-refractivity contribution >= 4 is 9.84 Å². The number of benzene rings is 2. The minimum Gasteiger partial charge on any atom is -0.424 e. The van der Waals surface area contributed by atoms with Crippen LogP contribution in [0.5, 0.6) is 0 Å². The molecule has 1 aliphatic rings. The van der Waals surface area contributed by atoms with Gasteiger partial charge in [-0.25, -0.2) is 8.42 Å². The van der Waals surface area contributed by atoms with Gasteiger partial charge in [0.05, 0.1) is 4.90 Å². The SMILES string of the molecule is CC[C-]1CS(=O)(=O)c2ccccc2C(c2ccccc2)C1O.[Eu]. The van der Waals surface area contributed by atoms with Crippen molar-refractivity contribution in [1.82, 2.24) is 0 Å². The van der Waals surface area contributed by atoms with Gasteiger partial charge in [-0.2, -0.15) is 6.42 Å². The van der Waals surface area contributed by atoms with Crippen LogP contribution >= 0.6 is 0 Å². The Morgan fingerprint density at radius 2 is 1.70 bits per heavy atom. The van der Waals surface area contributed by atoms with Crippen molar-refractivity contribution in [3.8, 4) is 0 Å². The number of fused-ring (bicyclic) bond motifs is 1. The number of sulfone groups is 1. The molecule has 123 valence electrons. The Balaban J connectivity index is 0.00000192. The van der Waals surface area contributed by atoms with Crippen LogP contribution in [0.4, 0.5) is 0 Å². The molecule has 0 saturated heterocycles. The van der Waals surface area contributed by atoms with Gasteiger partial charge in [-0.3, -0.25) is 5.92 Å². The third-order valence-electron chi connectivity index (χ3n) is 4.31. The maximum absolute atomic E-state index is 12.7. The molecule has 0 aliphatic carbocycles. The molecule has 2 unspecified atom stereocenters. The second-order valence-corrected chi connectivity index (χ2v) is 7.60. The normalized spacial score (nSPS) is 23.4. The second kappa shape index (κ2) is 7.88. The molecule has 0 amide bonds. The molecule has 0 bridgehead atoms. The number of aliphatic hydroxyl groups excluding tert-OH is 1. The second-order valence-electron chi connectivity index (χ2n) is 5.64. The Hall–Kier alpha value is -0.0656. The summed E-state index contributed by atoms with van der Waals surface area (Å²) in [6.07, 6.45) is -0.233. The molecule has 3 nitrogen and oxygen atoms in total. The van der Waals surface area contributed by atoms with E-state index in [1.807, 2.05) is 49.4 Å². The molecule has 3 rings (SSSR count). The van der Waals surface area contributed by atoms with Crippen molar-refractivity contribution in [1.29, 1.82) is 0 Å². The molecule has 5 heteroatoms. The minimum absolute atomic E-state index is 0. The summed E-state index contributed by atoms with van der Waals surface area (Å²) in [5.74, 6) is 0.250. The van der Waals surface area contributed by atoms with Gasteiger partial charge in [-0.05, 0) is 17.2 Å². The molecule has 2 aromatic rings. The summed E-state index contributed by atoms with van der Waals surface area (Å²) in [7, 11) is -3.41. The number of aliphatic hydroxyl groups is 1. The molecular weight excluding hydrogens is 448 g/mol. The molecule has 0 fully saturated rings. The van der Waals surface area contributed by atoms with Crippen molar-refractivity contribution in [3.05, 3.63) is 71.6 Å². The third-order valence-corrected chi connectivity index (χ3v) is 6.10. The van der Waals surface area contributed by atoms with Gasteiger partial charge in [-0.15, -0.1) is 0 Å². The van der Waals surface area contributed by atoms with Crippen LogP contribution in [0.25, 0.3) is 0 Å². The summed E-state index contributed by atoms with van der Waals surface area (Å²) < 4.78 is 25.3. The molecule has 23 heavy (non-hydrogen) atoms. The fraction of sp³-hybridized carbons (Fsp3) is 0.278. The Labute approximate surface area is 178 Å². The zero-order valence-corrected chi connectivity index (χ0v) is 16.1. The molecule has 2 aromatic carbocycles. The summed E-state index contributed by atoms with van der Waals surface area (Å²) in [6.45, 7) is 1.89. The van der Waals surface area contributed by atoms with Crippen LogP contribution in [0, 0.1) is 55.3 Å². The monoisotopic (exact) mass is 468 g/mol. The van der Waals surface area contributed by atoms with Crippen molar-refractivity contribution in [2.75, 3.05) is 5.75 Å². The van der Waals surface area contributed by atoms with E-state index in [-0.39, 0.29) is 61.0 Å². The molecule has 1 heterocycles.